The van der Waals surface area contributed by atoms with E-state index in [0.717, 1.165) is 128 Å². The molecule has 0 saturated carbocycles. The largest absolute Gasteiger partial charge is 0.472 e. The first-order valence-corrected chi connectivity index (χ1v) is 29.9. The van der Waals surface area contributed by atoms with Gasteiger partial charge < -0.3 is 24.2 Å². The molecule has 0 aliphatic heterocycles. The highest BCUT2D eigenvalue weighted by atomic mass is 31.2. The van der Waals surface area contributed by atoms with Crippen LogP contribution in [0.5, 0.6) is 0 Å². The lowest BCUT2D eigenvalue weighted by atomic mass is 10.1. The highest BCUT2D eigenvalue weighted by Crippen LogP contribution is 2.43. The van der Waals surface area contributed by atoms with Gasteiger partial charge in [-0.1, -0.05) is 187 Å². The lowest BCUT2D eigenvalue weighted by Crippen LogP contribution is -2.30. The number of esters is 3. The first kappa shape index (κ1) is 69.9. The number of unbranched alkanes of at least 4 members (excludes halogenated alkanes) is 14. The maximum atomic E-state index is 12.9. The quantitative estimate of drug-likeness (QED) is 0.0197. The number of phosphoric acid groups is 1. The zero-order valence-corrected chi connectivity index (χ0v) is 47.2. The number of carbonyl (C=O) groups is 3. The molecule has 74 heavy (non-hydrogen) atoms. The highest BCUT2D eigenvalue weighted by molar-refractivity contribution is 7.47. The van der Waals surface area contributed by atoms with Gasteiger partial charge in [-0.25, -0.2) is 4.57 Å². The maximum Gasteiger partial charge on any atom is 0.472 e. The Balaban J connectivity index is 4.85. The maximum absolute atomic E-state index is 12.9. The second kappa shape index (κ2) is 55.1. The normalized spacial score (nSPS) is 14.3. The fourth-order valence-corrected chi connectivity index (χ4v) is 7.86. The minimum Gasteiger partial charge on any atom is -0.462 e. The molecule has 0 rings (SSSR count). The molecule has 420 valence electrons. The van der Waals surface area contributed by atoms with Crippen LogP contribution < -0.4 is 0 Å². The summed E-state index contributed by atoms with van der Waals surface area (Å²) in [7, 11) is -4.78. The molecule has 0 spiro atoms. The summed E-state index contributed by atoms with van der Waals surface area (Å²) in [5.41, 5.74) is 0. The third-order valence-electron chi connectivity index (χ3n) is 11.3. The molecule has 0 aliphatic rings. The zero-order chi connectivity index (χ0) is 54.1. The van der Waals surface area contributed by atoms with Gasteiger partial charge >= 0.3 is 25.7 Å². The minimum atomic E-state index is -4.78. The number of hydrogen-bond donors (Lipinski definition) is 2. The van der Waals surface area contributed by atoms with Crippen molar-refractivity contribution in [1.82, 2.24) is 0 Å². The molecular formula is C62H101O11P. The first-order valence-electron chi connectivity index (χ1n) is 28.4. The number of hydrogen-bond acceptors (Lipinski definition) is 10. The number of aliphatic hydroxyl groups excluding tert-OH is 1. The molecule has 0 aromatic heterocycles. The van der Waals surface area contributed by atoms with Crippen molar-refractivity contribution in [1.29, 1.82) is 0 Å². The lowest BCUT2D eigenvalue weighted by molar-refractivity contribution is -0.161. The predicted molar refractivity (Wildman–Crippen MR) is 306 cm³/mol. The molecular weight excluding hydrogens is 952 g/mol. The number of phosphoric ester groups is 1. The van der Waals surface area contributed by atoms with Crippen LogP contribution >= 0.6 is 7.82 Å². The fourth-order valence-electron chi connectivity index (χ4n) is 7.07. The van der Waals surface area contributed by atoms with Gasteiger partial charge in [0, 0.05) is 19.3 Å². The first-order chi connectivity index (χ1) is 36.2. The van der Waals surface area contributed by atoms with E-state index < -0.39 is 57.8 Å². The smallest absolute Gasteiger partial charge is 0.462 e. The molecule has 2 N–H and O–H groups in total. The average molecular weight is 1050 g/mol. The molecule has 0 saturated heterocycles. The molecule has 0 aromatic carbocycles. The Labute approximate surface area is 449 Å². The van der Waals surface area contributed by atoms with Crippen LogP contribution in [0.4, 0.5) is 0 Å². The average Bonchev–Trinajstić information content (AvgIpc) is 3.39. The number of aliphatic hydroxyl groups is 1. The number of allylic oxidation sites excluding steroid dienone is 20. The van der Waals surface area contributed by atoms with Crippen molar-refractivity contribution in [3.8, 4) is 0 Å². The van der Waals surface area contributed by atoms with E-state index in [1.54, 1.807) is 0 Å². The van der Waals surface area contributed by atoms with Crippen molar-refractivity contribution in [2.24, 2.45) is 0 Å². The summed E-state index contributed by atoms with van der Waals surface area (Å²) in [6.45, 7) is 4.27. The van der Waals surface area contributed by atoms with E-state index in [1.165, 1.54) is 25.7 Å². The summed E-state index contributed by atoms with van der Waals surface area (Å²) in [5, 5.41) is 9.80. The minimum absolute atomic E-state index is 0.132. The van der Waals surface area contributed by atoms with Gasteiger partial charge in [0.05, 0.1) is 19.8 Å². The lowest BCUT2D eigenvalue weighted by Gasteiger charge is -2.21. The van der Waals surface area contributed by atoms with Gasteiger partial charge in [-0.2, -0.15) is 0 Å². The molecule has 0 bridgehead atoms. The monoisotopic (exact) mass is 1050 g/mol. The van der Waals surface area contributed by atoms with E-state index in [4.69, 9.17) is 23.3 Å². The number of ether oxygens (including phenoxy) is 3. The van der Waals surface area contributed by atoms with Gasteiger partial charge in [-0.05, 0) is 128 Å². The fraction of sp³-hybridized carbons (Fsp3) is 0.629. The van der Waals surface area contributed by atoms with Crippen molar-refractivity contribution in [2.75, 3.05) is 26.4 Å². The predicted octanol–water partition coefficient (Wildman–Crippen LogP) is 16.8. The highest BCUT2D eigenvalue weighted by Gasteiger charge is 2.28. The Morgan fingerprint density at radius 1 is 0.392 bits per heavy atom. The van der Waals surface area contributed by atoms with Crippen LogP contribution in [-0.2, 0) is 42.2 Å². The standard InChI is InChI=1S/C62H101O11P/c1-4-7-10-13-16-19-22-25-27-28-29-30-32-35-38-41-44-47-50-53-62(66)73-59(55-69-60(64)51-48-45-42-39-36-34-31-26-23-20-17-14-11-8-5-2)57-71-74(67,68)70-56-58(54-63)72-61(65)52-49-46-43-40-37-33-24-21-18-15-12-9-6-3/h8-9,11-12,16-21,25-27,29-31,33,36-37,39,58-59,63H,4-7,10,13-15,22-24,28,32,34-35,38,40-57H2,1-3H3,(H,67,68)/b11-8-,12-9-,19-16-,20-17-,21-18-,27-25-,30-29-,31-26-,37-33-,39-36-. The number of carbonyl (C=O) groups excluding carboxylic acids is 3. The molecule has 0 heterocycles. The second-order valence-corrected chi connectivity index (χ2v) is 19.8. The summed E-state index contributed by atoms with van der Waals surface area (Å²) in [4.78, 5) is 48.5. The molecule has 3 atom stereocenters. The van der Waals surface area contributed by atoms with Crippen LogP contribution in [0, 0.1) is 0 Å². The third kappa shape index (κ3) is 52.7. The van der Waals surface area contributed by atoms with Crippen LogP contribution in [0.3, 0.4) is 0 Å². The van der Waals surface area contributed by atoms with E-state index in [2.05, 4.69) is 142 Å². The van der Waals surface area contributed by atoms with E-state index in [-0.39, 0.29) is 25.9 Å². The van der Waals surface area contributed by atoms with Gasteiger partial charge in [0.15, 0.2) is 6.10 Å². The zero-order valence-electron chi connectivity index (χ0n) is 46.3. The van der Waals surface area contributed by atoms with Crippen molar-refractivity contribution >= 4 is 25.7 Å². The molecule has 11 nitrogen and oxygen atoms in total. The summed E-state index contributed by atoms with van der Waals surface area (Å²) < 4.78 is 39.4. The third-order valence-corrected chi connectivity index (χ3v) is 12.3. The van der Waals surface area contributed by atoms with Crippen molar-refractivity contribution < 1.29 is 52.2 Å². The Bertz CT molecular complexity index is 1700. The summed E-state index contributed by atoms with van der Waals surface area (Å²) in [6.07, 6.45) is 67.3. The topological polar surface area (TPSA) is 155 Å². The van der Waals surface area contributed by atoms with Crippen molar-refractivity contribution in [3.63, 3.8) is 0 Å². The van der Waals surface area contributed by atoms with Gasteiger partial charge in [0.2, 0.25) is 0 Å². The molecule has 3 unspecified atom stereocenters. The van der Waals surface area contributed by atoms with Gasteiger partial charge in [0.25, 0.3) is 0 Å². The Morgan fingerprint density at radius 3 is 1.12 bits per heavy atom. The Morgan fingerprint density at radius 2 is 0.703 bits per heavy atom. The van der Waals surface area contributed by atoms with Gasteiger partial charge in [0.1, 0.15) is 12.7 Å². The molecule has 0 aliphatic carbocycles. The number of rotatable bonds is 51. The molecule has 0 amide bonds. The van der Waals surface area contributed by atoms with Crippen LogP contribution in [-0.4, -0.2) is 66.5 Å². The van der Waals surface area contributed by atoms with E-state index in [1.807, 2.05) is 0 Å². The molecule has 0 aromatic rings. The summed E-state index contributed by atoms with van der Waals surface area (Å²) >= 11 is 0. The van der Waals surface area contributed by atoms with Crippen LogP contribution in [0.15, 0.2) is 122 Å². The van der Waals surface area contributed by atoms with E-state index >= 15 is 0 Å². The summed E-state index contributed by atoms with van der Waals surface area (Å²) in [5.74, 6) is -1.57. The Hall–Kier alpha value is -4.12. The van der Waals surface area contributed by atoms with Crippen molar-refractivity contribution in [3.05, 3.63) is 122 Å². The molecule has 0 radical (unpaired) electrons. The van der Waals surface area contributed by atoms with Crippen LogP contribution in [0.2, 0.25) is 0 Å². The van der Waals surface area contributed by atoms with Crippen LogP contribution in [0.25, 0.3) is 0 Å². The van der Waals surface area contributed by atoms with Crippen LogP contribution in [0.1, 0.15) is 213 Å². The second-order valence-electron chi connectivity index (χ2n) is 18.3. The van der Waals surface area contributed by atoms with E-state index in [0.29, 0.717) is 19.3 Å². The SMILES string of the molecule is CC/C=C\C/C=C\C/C=C\C/C=C\CCCCC(=O)OCC(COP(=O)(O)OCC(CO)OC(=O)CCCCC/C=C\C/C=C\C/C=C\CC)OC(=O)CCCCCCCC/C=C\C/C=C\C/C=C\CCCCC. The Kier molecular flexibility index (Phi) is 52.1. The molecule has 0 fully saturated rings. The van der Waals surface area contributed by atoms with Crippen molar-refractivity contribution in [2.45, 2.75) is 226 Å². The van der Waals surface area contributed by atoms with E-state index in [9.17, 15) is 28.9 Å². The summed E-state index contributed by atoms with van der Waals surface area (Å²) in [6, 6.07) is 0. The van der Waals surface area contributed by atoms with Gasteiger partial charge in [-0.15, -0.1) is 0 Å². The molecule has 12 heteroatoms. The van der Waals surface area contributed by atoms with Gasteiger partial charge in [-0.3, -0.25) is 23.4 Å².